The molecule has 0 atom stereocenters. The lowest BCUT2D eigenvalue weighted by Gasteiger charge is -2.06. The lowest BCUT2D eigenvalue weighted by atomic mass is 10.2. The van der Waals surface area contributed by atoms with Crippen LogP contribution in [0.5, 0.6) is 5.75 Å². The van der Waals surface area contributed by atoms with E-state index in [1.54, 1.807) is 0 Å². The van der Waals surface area contributed by atoms with Gasteiger partial charge in [-0.3, -0.25) is 4.79 Å². The van der Waals surface area contributed by atoms with Crippen LogP contribution in [0, 0.1) is 0 Å². The molecule has 0 aliphatic heterocycles. The Morgan fingerprint density at radius 1 is 1.16 bits per heavy atom. The zero-order valence-electron chi connectivity index (χ0n) is 10.8. The van der Waals surface area contributed by atoms with Gasteiger partial charge >= 0.3 is 0 Å². The van der Waals surface area contributed by atoms with Crippen LogP contribution in [-0.4, -0.2) is 6.61 Å². The molecule has 2 rings (SSSR count). The van der Waals surface area contributed by atoms with E-state index in [9.17, 15) is 4.79 Å². The molecule has 0 aliphatic carbocycles. The van der Waals surface area contributed by atoms with Crippen LogP contribution >= 0.6 is 0 Å². The van der Waals surface area contributed by atoms with Crippen molar-refractivity contribution in [3.8, 4) is 5.75 Å². The Kier molecular flexibility index (Phi) is 4.75. The van der Waals surface area contributed by atoms with Crippen LogP contribution in [0.2, 0.25) is 0 Å². The summed E-state index contributed by atoms with van der Waals surface area (Å²) in [6.45, 7) is 3.10. The minimum absolute atomic E-state index is 0.197. The third kappa shape index (κ3) is 3.96. The fraction of sp³-hybridized carbons (Fsp3) is 0.267. The molecule has 0 spiro atoms. The van der Waals surface area contributed by atoms with Crippen LogP contribution in [-0.2, 0) is 18.0 Å². The van der Waals surface area contributed by atoms with Gasteiger partial charge in [-0.25, -0.2) is 0 Å². The topological polar surface area (TPSA) is 48.7 Å². The highest BCUT2D eigenvalue weighted by Crippen LogP contribution is 2.09. The molecule has 0 radical (unpaired) electrons. The van der Waals surface area contributed by atoms with Gasteiger partial charge in [0.1, 0.15) is 25.2 Å². The van der Waals surface area contributed by atoms with Crippen molar-refractivity contribution >= 4 is 0 Å². The molecule has 2 aromatic rings. The Balaban J connectivity index is 1.99. The van der Waals surface area contributed by atoms with Crippen LogP contribution in [0.15, 0.2) is 51.9 Å². The maximum atomic E-state index is 11.8. The third-order valence-electron chi connectivity index (χ3n) is 2.54. The van der Waals surface area contributed by atoms with Crippen molar-refractivity contribution in [1.29, 1.82) is 0 Å². The van der Waals surface area contributed by atoms with Crippen molar-refractivity contribution in [2.45, 2.75) is 20.1 Å². The summed E-state index contributed by atoms with van der Waals surface area (Å²) in [5.74, 6) is 0.711. The lowest BCUT2D eigenvalue weighted by Crippen LogP contribution is -2.08. The zero-order chi connectivity index (χ0) is 13.5. The van der Waals surface area contributed by atoms with E-state index in [2.05, 4.69) is 0 Å². The van der Waals surface area contributed by atoms with Crippen LogP contribution in [0.4, 0.5) is 0 Å². The highest BCUT2D eigenvalue weighted by atomic mass is 16.5. The number of benzene rings is 1. The van der Waals surface area contributed by atoms with Crippen molar-refractivity contribution in [2.75, 3.05) is 6.61 Å². The standard InChI is InChI=1S/C15H16O4/c1-2-17-10-13-8-14(16)15(11-18-13)19-9-12-6-4-3-5-7-12/h3-8,11H,2,9-10H2,1H3. The van der Waals surface area contributed by atoms with E-state index in [4.69, 9.17) is 13.9 Å². The first-order chi connectivity index (χ1) is 9.29. The summed E-state index contributed by atoms with van der Waals surface area (Å²) in [6, 6.07) is 11.0. The summed E-state index contributed by atoms with van der Waals surface area (Å²) in [4.78, 5) is 11.8. The van der Waals surface area contributed by atoms with Gasteiger partial charge in [0, 0.05) is 12.7 Å². The van der Waals surface area contributed by atoms with Crippen LogP contribution < -0.4 is 10.2 Å². The van der Waals surface area contributed by atoms with Crippen LogP contribution in [0.1, 0.15) is 18.2 Å². The zero-order valence-corrected chi connectivity index (χ0v) is 10.8. The molecule has 4 nitrogen and oxygen atoms in total. The summed E-state index contributed by atoms with van der Waals surface area (Å²) in [7, 11) is 0. The first kappa shape index (κ1) is 13.4. The average molecular weight is 260 g/mol. The van der Waals surface area contributed by atoms with E-state index in [1.165, 1.54) is 12.3 Å². The molecule has 1 heterocycles. The summed E-state index contributed by atoms with van der Waals surface area (Å²) < 4.78 is 15.9. The molecule has 0 fully saturated rings. The normalized spacial score (nSPS) is 10.4. The van der Waals surface area contributed by atoms with Gasteiger partial charge in [0.05, 0.1) is 0 Å². The molecule has 0 saturated heterocycles. The monoisotopic (exact) mass is 260 g/mol. The number of hydrogen-bond acceptors (Lipinski definition) is 4. The van der Waals surface area contributed by atoms with Gasteiger partial charge in [0.2, 0.25) is 11.2 Å². The second kappa shape index (κ2) is 6.75. The minimum atomic E-state index is -0.197. The molecule has 100 valence electrons. The first-order valence-corrected chi connectivity index (χ1v) is 6.16. The average Bonchev–Trinajstić information content (AvgIpc) is 2.45. The molecule has 0 N–H and O–H groups in total. The number of ether oxygens (including phenoxy) is 2. The molecule has 0 amide bonds. The minimum Gasteiger partial charge on any atom is -0.482 e. The molecular formula is C15H16O4. The smallest absolute Gasteiger partial charge is 0.227 e. The van der Waals surface area contributed by atoms with E-state index in [0.717, 1.165) is 5.56 Å². The molecule has 0 saturated carbocycles. The molecule has 4 heteroatoms. The van der Waals surface area contributed by atoms with Crippen molar-refractivity contribution < 1.29 is 13.9 Å². The molecule has 0 aliphatic rings. The Morgan fingerprint density at radius 2 is 1.95 bits per heavy atom. The van der Waals surface area contributed by atoms with Gasteiger partial charge in [-0.15, -0.1) is 0 Å². The molecule has 0 unspecified atom stereocenters. The molecule has 1 aromatic heterocycles. The maximum absolute atomic E-state index is 11.8. The van der Waals surface area contributed by atoms with E-state index < -0.39 is 0 Å². The summed E-state index contributed by atoms with van der Waals surface area (Å²) in [5, 5.41) is 0. The maximum Gasteiger partial charge on any atom is 0.227 e. The Bertz CT molecular complexity index is 560. The Morgan fingerprint density at radius 3 is 2.63 bits per heavy atom. The fourth-order valence-electron chi connectivity index (χ4n) is 1.56. The molecule has 0 bridgehead atoms. The van der Waals surface area contributed by atoms with Gasteiger partial charge < -0.3 is 13.9 Å². The van der Waals surface area contributed by atoms with Gasteiger partial charge in [0.15, 0.2) is 0 Å². The van der Waals surface area contributed by atoms with E-state index in [0.29, 0.717) is 25.6 Å². The van der Waals surface area contributed by atoms with Crippen molar-refractivity contribution in [2.24, 2.45) is 0 Å². The summed E-state index contributed by atoms with van der Waals surface area (Å²) in [6.07, 6.45) is 1.33. The van der Waals surface area contributed by atoms with Crippen molar-refractivity contribution in [1.82, 2.24) is 0 Å². The quantitative estimate of drug-likeness (QED) is 0.801. The summed E-state index contributed by atoms with van der Waals surface area (Å²) in [5.41, 5.74) is 0.803. The Hall–Kier alpha value is -2.07. The molecular weight excluding hydrogens is 244 g/mol. The van der Waals surface area contributed by atoms with E-state index in [-0.39, 0.29) is 11.2 Å². The van der Waals surface area contributed by atoms with Crippen molar-refractivity contribution in [3.05, 3.63) is 64.2 Å². The van der Waals surface area contributed by atoms with Gasteiger partial charge in [-0.2, -0.15) is 0 Å². The number of hydrogen-bond donors (Lipinski definition) is 0. The highest BCUT2D eigenvalue weighted by Gasteiger charge is 2.05. The first-order valence-electron chi connectivity index (χ1n) is 6.16. The predicted molar refractivity (Wildman–Crippen MR) is 71.1 cm³/mol. The second-order valence-corrected chi connectivity index (χ2v) is 3.99. The van der Waals surface area contributed by atoms with Gasteiger partial charge in [-0.1, -0.05) is 30.3 Å². The van der Waals surface area contributed by atoms with Crippen molar-refractivity contribution in [3.63, 3.8) is 0 Å². The predicted octanol–water partition coefficient (Wildman–Crippen LogP) is 2.76. The fourth-order valence-corrected chi connectivity index (χ4v) is 1.56. The lowest BCUT2D eigenvalue weighted by molar-refractivity contribution is 0.116. The second-order valence-electron chi connectivity index (χ2n) is 3.99. The SMILES string of the molecule is CCOCc1cc(=O)c(OCc2ccccc2)co1. The van der Waals surface area contributed by atoms with Crippen LogP contribution in [0.25, 0.3) is 0 Å². The van der Waals surface area contributed by atoms with Gasteiger partial charge in [-0.05, 0) is 12.5 Å². The number of rotatable bonds is 6. The summed E-state index contributed by atoms with van der Waals surface area (Å²) >= 11 is 0. The van der Waals surface area contributed by atoms with E-state index >= 15 is 0 Å². The van der Waals surface area contributed by atoms with E-state index in [1.807, 2.05) is 37.3 Å². The Labute approximate surface area is 111 Å². The largest absolute Gasteiger partial charge is 0.482 e. The van der Waals surface area contributed by atoms with Gasteiger partial charge in [0.25, 0.3) is 0 Å². The van der Waals surface area contributed by atoms with Crippen LogP contribution in [0.3, 0.4) is 0 Å². The molecule has 19 heavy (non-hydrogen) atoms. The highest BCUT2D eigenvalue weighted by molar-refractivity contribution is 5.19. The molecule has 1 aromatic carbocycles. The third-order valence-corrected chi connectivity index (χ3v) is 2.54.